The predicted molar refractivity (Wildman–Crippen MR) is 84.0 cm³/mol. The standard InChI is InChI=1S/C16H21N3O4/c17-14(20)12-4-1-3-11(9-12)6-7-18-16(23)19-8-2-5-13(10-19)15(21)22/h1,3-4,9,13H,2,5-8,10H2,(H2,17,20)(H,18,23)(H,21,22). The lowest BCUT2D eigenvalue weighted by Crippen LogP contribution is -2.47. The van der Waals surface area contributed by atoms with Crippen LogP contribution >= 0.6 is 0 Å². The molecule has 1 fully saturated rings. The Labute approximate surface area is 134 Å². The Balaban J connectivity index is 1.81. The number of carboxylic acids is 1. The molecule has 124 valence electrons. The first-order valence-electron chi connectivity index (χ1n) is 7.61. The quantitative estimate of drug-likeness (QED) is 0.746. The highest BCUT2D eigenvalue weighted by Gasteiger charge is 2.27. The smallest absolute Gasteiger partial charge is 0.317 e. The van der Waals surface area contributed by atoms with Crippen molar-refractivity contribution >= 4 is 17.9 Å². The van der Waals surface area contributed by atoms with Gasteiger partial charge in [0.15, 0.2) is 0 Å². The molecule has 0 spiro atoms. The fourth-order valence-electron chi connectivity index (χ4n) is 2.67. The first kappa shape index (κ1) is 16.8. The summed E-state index contributed by atoms with van der Waals surface area (Å²) in [7, 11) is 0. The van der Waals surface area contributed by atoms with Crippen LogP contribution in [0.3, 0.4) is 0 Å². The van der Waals surface area contributed by atoms with E-state index in [1.807, 2.05) is 6.07 Å². The van der Waals surface area contributed by atoms with Gasteiger partial charge in [-0.1, -0.05) is 12.1 Å². The van der Waals surface area contributed by atoms with Gasteiger partial charge in [0.05, 0.1) is 5.92 Å². The van der Waals surface area contributed by atoms with Crippen molar-refractivity contribution < 1.29 is 19.5 Å². The molecule has 7 heteroatoms. The van der Waals surface area contributed by atoms with E-state index in [1.165, 1.54) is 0 Å². The third-order valence-corrected chi connectivity index (χ3v) is 3.96. The Kier molecular flexibility index (Phi) is 5.56. The highest BCUT2D eigenvalue weighted by molar-refractivity contribution is 5.92. The molecule has 3 amide bonds. The molecule has 0 aliphatic carbocycles. The molecule has 0 bridgehead atoms. The Morgan fingerprint density at radius 2 is 2.13 bits per heavy atom. The Morgan fingerprint density at radius 1 is 1.35 bits per heavy atom. The normalized spacial score (nSPS) is 17.6. The minimum Gasteiger partial charge on any atom is -0.481 e. The van der Waals surface area contributed by atoms with Gasteiger partial charge in [-0.2, -0.15) is 0 Å². The van der Waals surface area contributed by atoms with Crippen LogP contribution in [0.15, 0.2) is 24.3 Å². The fourth-order valence-corrected chi connectivity index (χ4v) is 2.67. The number of carboxylic acid groups (broad SMARTS) is 1. The monoisotopic (exact) mass is 319 g/mol. The lowest BCUT2D eigenvalue weighted by atomic mass is 9.99. The Hall–Kier alpha value is -2.57. The molecule has 23 heavy (non-hydrogen) atoms. The first-order valence-corrected chi connectivity index (χ1v) is 7.61. The van der Waals surface area contributed by atoms with Gasteiger partial charge in [0.1, 0.15) is 0 Å². The van der Waals surface area contributed by atoms with E-state index in [2.05, 4.69) is 5.32 Å². The van der Waals surface area contributed by atoms with Crippen LogP contribution in [-0.2, 0) is 11.2 Å². The average Bonchev–Trinajstić information content (AvgIpc) is 2.55. The maximum Gasteiger partial charge on any atom is 0.317 e. The van der Waals surface area contributed by atoms with Crippen LogP contribution < -0.4 is 11.1 Å². The van der Waals surface area contributed by atoms with Gasteiger partial charge in [-0.15, -0.1) is 0 Å². The molecule has 0 radical (unpaired) electrons. The van der Waals surface area contributed by atoms with Gasteiger partial charge < -0.3 is 21.1 Å². The summed E-state index contributed by atoms with van der Waals surface area (Å²) in [6, 6.07) is 6.71. The SMILES string of the molecule is NC(=O)c1cccc(CCNC(=O)N2CCCC(C(=O)O)C2)c1. The van der Waals surface area contributed by atoms with E-state index < -0.39 is 17.8 Å². The summed E-state index contributed by atoms with van der Waals surface area (Å²) in [6.45, 7) is 1.24. The molecular formula is C16H21N3O4. The number of nitrogens with one attached hydrogen (secondary N) is 1. The molecule has 1 atom stereocenters. The highest BCUT2D eigenvalue weighted by atomic mass is 16.4. The molecule has 4 N–H and O–H groups in total. The lowest BCUT2D eigenvalue weighted by Gasteiger charge is -2.30. The van der Waals surface area contributed by atoms with E-state index in [0.29, 0.717) is 37.9 Å². The van der Waals surface area contributed by atoms with Crippen LogP contribution in [0.1, 0.15) is 28.8 Å². The Bertz CT molecular complexity index is 603. The second-order valence-corrected chi connectivity index (χ2v) is 5.67. The number of hydrogen-bond acceptors (Lipinski definition) is 3. The van der Waals surface area contributed by atoms with Crippen LogP contribution in [0.25, 0.3) is 0 Å². The van der Waals surface area contributed by atoms with Crippen LogP contribution in [0, 0.1) is 5.92 Å². The zero-order valence-corrected chi connectivity index (χ0v) is 12.8. The number of likely N-dealkylation sites (tertiary alicyclic amines) is 1. The van der Waals surface area contributed by atoms with Crippen LogP contribution in [0.5, 0.6) is 0 Å². The van der Waals surface area contributed by atoms with Gasteiger partial charge in [-0.3, -0.25) is 9.59 Å². The number of carbonyl (C=O) groups excluding carboxylic acids is 2. The van der Waals surface area contributed by atoms with E-state index in [1.54, 1.807) is 23.1 Å². The number of primary amides is 1. The van der Waals surface area contributed by atoms with Crippen molar-refractivity contribution in [2.45, 2.75) is 19.3 Å². The summed E-state index contributed by atoms with van der Waals surface area (Å²) in [6.07, 6.45) is 1.88. The van der Waals surface area contributed by atoms with Crippen molar-refractivity contribution in [3.8, 4) is 0 Å². The topological polar surface area (TPSA) is 113 Å². The van der Waals surface area contributed by atoms with Gasteiger partial charge in [0.25, 0.3) is 0 Å². The van der Waals surface area contributed by atoms with Crippen molar-refractivity contribution in [3.63, 3.8) is 0 Å². The molecule has 1 aliphatic rings. The van der Waals surface area contributed by atoms with Gasteiger partial charge in [0.2, 0.25) is 5.91 Å². The van der Waals surface area contributed by atoms with Crippen molar-refractivity contribution in [2.24, 2.45) is 11.7 Å². The fraction of sp³-hybridized carbons (Fsp3) is 0.438. The number of urea groups is 1. The number of nitrogens with two attached hydrogens (primary N) is 1. The van der Waals surface area contributed by atoms with Crippen molar-refractivity contribution in [3.05, 3.63) is 35.4 Å². The van der Waals surface area contributed by atoms with E-state index >= 15 is 0 Å². The molecule has 1 aromatic carbocycles. The highest BCUT2D eigenvalue weighted by Crippen LogP contribution is 2.16. The molecule has 1 saturated heterocycles. The number of rotatable bonds is 5. The number of amides is 3. The number of hydrogen-bond donors (Lipinski definition) is 3. The number of aliphatic carboxylic acids is 1. The Morgan fingerprint density at radius 3 is 2.83 bits per heavy atom. The molecular weight excluding hydrogens is 298 g/mol. The number of nitrogens with zero attached hydrogens (tertiary/aromatic N) is 1. The second-order valence-electron chi connectivity index (χ2n) is 5.67. The zero-order valence-electron chi connectivity index (χ0n) is 12.8. The molecule has 0 aromatic heterocycles. The van der Waals surface area contributed by atoms with Crippen molar-refractivity contribution in [2.75, 3.05) is 19.6 Å². The number of carbonyl (C=O) groups is 3. The minimum absolute atomic E-state index is 0.248. The molecule has 1 heterocycles. The molecule has 7 nitrogen and oxygen atoms in total. The maximum absolute atomic E-state index is 12.1. The number of benzene rings is 1. The van der Waals surface area contributed by atoms with Gasteiger partial charge in [-0.05, 0) is 37.0 Å². The summed E-state index contributed by atoms with van der Waals surface area (Å²) in [5.41, 5.74) is 6.58. The minimum atomic E-state index is -0.856. The third kappa shape index (κ3) is 4.70. The lowest BCUT2D eigenvalue weighted by molar-refractivity contribution is -0.143. The first-order chi connectivity index (χ1) is 11.0. The summed E-state index contributed by atoms with van der Waals surface area (Å²) in [5, 5.41) is 11.8. The summed E-state index contributed by atoms with van der Waals surface area (Å²) in [5.74, 6) is -1.82. The summed E-state index contributed by atoms with van der Waals surface area (Å²) in [4.78, 5) is 35.8. The van der Waals surface area contributed by atoms with Gasteiger partial charge >= 0.3 is 12.0 Å². The largest absolute Gasteiger partial charge is 0.481 e. The average molecular weight is 319 g/mol. The molecule has 1 unspecified atom stereocenters. The van der Waals surface area contributed by atoms with Crippen molar-refractivity contribution in [1.82, 2.24) is 10.2 Å². The van der Waals surface area contributed by atoms with Crippen molar-refractivity contribution in [1.29, 1.82) is 0 Å². The van der Waals surface area contributed by atoms with Gasteiger partial charge in [-0.25, -0.2) is 4.79 Å². The zero-order chi connectivity index (χ0) is 16.8. The number of piperidine rings is 1. The molecule has 0 saturated carbocycles. The van der Waals surface area contributed by atoms with E-state index in [0.717, 1.165) is 5.56 Å². The van der Waals surface area contributed by atoms with E-state index in [9.17, 15) is 14.4 Å². The third-order valence-electron chi connectivity index (χ3n) is 3.96. The summed E-state index contributed by atoms with van der Waals surface area (Å²) < 4.78 is 0. The molecule has 1 aromatic rings. The van der Waals surface area contributed by atoms with E-state index in [4.69, 9.17) is 10.8 Å². The summed E-state index contributed by atoms with van der Waals surface area (Å²) >= 11 is 0. The maximum atomic E-state index is 12.1. The van der Waals surface area contributed by atoms with Crippen LogP contribution in [0.4, 0.5) is 4.79 Å². The van der Waals surface area contributed by atoms with E-state index in [-0.39, 0.29) is 12.6 Å². The second kappa shape index (κ2) is 7.62. The van der Waals surface area contributed by atoms with Crippen LogP contribution in [-0.4, -0.2) is 47.5 Å². The molecule has 2 rings (SSSR count). The van der Waals surface area contributed by atoms with Gasteiger partial charge in [0, 0.05) is 25.2 Å². The van der Waals surface area contributed by atoms with Crippen LogP contribution in [0.2, 0.25) is 0 Å². The molecule has 1 aliphatic heterocycles. The predicted octanol–water partition coefficient (Wildman–Crippen LogP) is 0.834.